The van der Waals surface area contributed by atoms with Gasteiger partial charge < -0.3 is 0 Å². The van der Waals surface area contributed by atoms with Crippen molar-refractivity contribution >= 4 is 0 Å². The quantitative estimate of drug-likeness (QED) is 0.446. The molecule has 2 atom stereocenters. The molecule has 1 heterocycles. The molecule has 1 saturated carbocycles. The van der Waals surface area contributed by atoms with E-state index in [1.807, 2.05) is 6.20 Å². The van der Waals surface area contributed by atoms with Gasteiger partial charge in [0.1, 0.15) is 0 Å². The van der Waals surface area contributed by atoms with Crippen LogP contribution < -0.4 is 0 Å². The molecule has 0 aliphatic heterocycles. The minimum Gasteiger partial charge on any atom is -0.256 e. The highest BCUT2D eigenvalue weighted by Gasteiger charge is 2.21. The molecular weight excluding hydrogens is 326 g/mol. The third kappa shape index (κ3) is 6.19. The lowest BCUT2D eigenvalue weighted by Gasteiger charge is -2.29. The van der Waals surface area contributed by atoms with Crippen molar-refractivity contribution in [1.29, 1.82) is 0 Å². The van der Waals surface area contributed by atoms with Crippen LogP contribution in [0.1, 0.15) is 82.8 Å². The number of pyridine rings is 1. The number of hydrogen-bond acceptors (Lipinski definition) is 1. The molecule has 0 bridgehead atoms. The van der Waals surface area contributed by atoms with E-state index in [2.05, 4.69) is 55.2 Å². The van der Waals surface area contributed by atoms with E-state index in [1.165, 1.54) is 80.9 Å². The van der Waals surface area contributed by atoms with Crippen molar-refractivity contribution in [3.63, 3.8) is 0 Å². The Hall–Kier alpha value is -1.63. The lowest BCUT2D eigenvalue weighted by molar-refractivity contribution is 0.241. The zero-order valence-electron chi connectivity index (χ0n) is 17.4. The fourth-order valence-corrected chi connectivity index (χ4v) is 4.66. The minimum atomic E-state index is 0.952. The first-order valence-corrected chi connectivity index (χ1v) is 11.3. The van der Waals surface area contributed by atoms with Crippen molar-refractivity contribution in [1.82, 2.24) is 4.98 Å². The summed E-state index contributed by atoms with van der Waals surface area (Å²) in [6.07, 6.45) is 17.0. The monoisotopic (exact) mass is 363 g/mol. The molecule has 1 aliphatic rings. The summed E-state index contributed by atoms with van der Waals surface area (Å²) in [5.74, 6) is 1.96. The second-order valence-electron chi connectivity index (χ2n) is 8.58. The van der Waals surface area contributed by atoms with Crippen molar-refractivity contribution < 1.29 is 0 Å². The van der Waals surface area contributed by atoms with E-state index in [0.717, 1.165) is 24.0 Å². The van der Waals surface area contributed by atoms with Gasteiger partial charge in [-0.3, -0.25) is 4.98 Å². The summed E-state index contributed by atoms with van der Waals surface area (Å²) in [5, 5.41) is 0. The highest BCUT2D eigenvalue weighted by atomic mass is 14.7. The summed E-state index contributed by atoms with van der Waals surface area (Å²) < 4.78 is 0. The molecular formula is C26H37N. The van der Waals surface area contributed by atoms with Gasteiger partial charge in [-0.1, -0.05) is 89.1 Å². The van der Waals surface area contributed by atoms with Crippen LogP contribution in [0, 0.1) is 11.8 Å². The van der Waals surface area contributed by atoms with Crippen LogP contribution in [-0.4, -0.2) is 4.98 Å². The van der Waals surface area contributed by atoms with Gasteiger partial charge in [-0.05, 0) is 54.7 Å². The Morgan fingerprint density at radius 3 is 2.22 bits per heavy atom. The van der Waals surface area contributed by atoms with Gasteiger partial charge in [0, 0.05) is 11.8 Å². The summed E-state index contributed by atoms with van der Waals surface area (Å²) in [7, 11) is 0. The topological polar surface area (TPSA) is 12.9 Å². The largest absolute Gasteiger partial charge is 0.256 e. The fourth-order valence-electron chi connectivity index (χ4n) is 4.66. The first-order valence-electron chi connectivity index (χ1n) is 11.3. The normalized spacial score (nSPS) is 19.9. The first kappa shape index (κ1) is 20.1. The summed E-state index contributed by atoms with van der Waals surface area (Å²) in [5.41, 5.74) is 5.14. The van der Waals surface area contributed by atoms with Gasteiger partial charge in [0.25, 0.3) is 0 Å². The Balaban J connectivity index is 1.50. The number of unbranched alkanes of at least 4 members (excludes halogenated alkanes) is 1. The Morgan fingerprint density at radius 2 is 1.56 bits per heavy atom. The SMILES string of the molecule is CCCCC1CCCC(CCc2ccc(-c3ccc(CCC)cn3)cc2)C1. The molecule has 1 heteroatoms. The minimum absolute atomic E-state index is 0.952. The molecule has 0 radical (unpaired) electrons. The Morgan fingerprint density at radius 1 is 0.815 bits per heavy atom. The lowest BCUT2D eigenvalue weighted by Crippen LogP contribution is -2.16. The standard InChI is InChI=1S/C26H37N/c1-3-5-8-22-9-6-10-23(19-22)12-11-21-13-16-25(17-14-21)26-18-15-24(7-4-2)20-27-26/h13-18,20,22-23H,3-12,19H2,1-2H3. The van der Waals surface area contributed by atoms with Crippen LogP contribution in [0.5, 0.6) is 0 Å². The van der Waals surface area contributed by atoms with E-state index >= 15 is 0 Å². The second-order valence-corrected chi connectivity index (χ2v) is 8.58. The van der Waals surface area contributed by atoms with E-state index in [0.29, 0.717) is 0 Å². The van der Waals surface area contributed by atoms with Crippen LogP contribution in [0.25, 0.3) is 11.3 Å². The molecule has 2 aromatic rings. The van der Waals surface area contributed by atoms with Crippen molar-refractivity contribution in [2.45, 2.75) is 84.5 Å². The molecule has 1 aromatic carbocycles. The van der Waals surface area contributed by atoms with Crippen LogP contribution in [-0.2, 0) is 12.8 Å². The second kappa shape index (κ2) is 10.6. The smallest absolute Gasteiger partial charge is 0.0702 e. The molecule has 0 N–H and O–H groups in total. The van der Waals surface area contributed by atoms with Gasteiger partial charge in [-0.15, -0.1) is 0 Å². The van der Waals surface area contributed by atoms with Gasteiger partial charge in [0.05, 0.1) is 5.69 Å². The summed E-state index contributed by atoms with van der Waals surface area (Å²) in [4.78, 5) is 4.65. The van der Waals surface area contributed by atoms with Crippen molar-refractivity contribution in [3.05, 3.63) is 53.7 Å². The van der Waals surface area contributed by atoms with Crippen LogP contribution in [0.4, 0.5) is 0 Å². The van der Waals surface area contributed by atoms with Crippen LogP contribution in [0.15, 0.2) is 42.6 Å². The number of rotatable bonds is 9. The number of benzene rings is 1. The van der Waals surface area contributed by atoms with Crippen molar-refractivity contribution in [3.8, 4) is 11.3 Å². The summed E-state index contributed by atoms with van der Waals surface area (Å²) in [6, 6.07) is 13.5. The van der Waals surface area contributed by atoms with Crippen molar-refractivity contribution in [2.24, 2.45) is 11.8 Å². The molecule has 1 aliphatic carbocycles. The maximum absolute atomic E-state index is 4.65. The molecule has 0 amide bonds. The van der Waals surface area contributed by atoms with E-state index in [-0.39, 0.29) is 0 Å². The molecule has 3 rings (SSSR count). The Bertz CT molecular complexity index is 656. The van der Waals surface area contributed by atoms with E-state index in [1.54, 1.807) is 0 Å². The van der Waals surface area contributed by atoms with Gasteiger partial charge in [-0.2, -0.15) is 0 Å². The average molecular weight is 364 g/mol. The van der Waals surface area contributed by atoms with E-state index in [9.17, 15) is 0 Å². The molecule has 1 fully saturated rings. The van der Waals surface area contributed by atoms with E-state index < -0.39 is 0 Å². The fraction of sp³-hybridized carbons (Fsp3) is 0.577. The zero-order chi connectivity index (χ0) is 18.9. The predicted molar refractivity (Wildman–Crippen MR) is 117 cm³/mol. The summed E-state index contributed by atoms with van der Waals surface area (Å²) in [6.45, 7) is 4.53. The summed E-state index contributed by atoms with van der Waals surface area (Å²) >= 11 is 0. The highest BCUT2D eigenvalue weighted by molar-refractivity contribution is 5.59. The lowest BCUT2D eigenvalue weighted by atomic mass is 9.77. The van der Waals surface area contributed by atoms with Gasteiger partial charge in [0.15, 0.2) is 0 Å². The van der Waals surface area contributed by atoms with Crippen molar-refractivity contribution in [2.75, 3.05) is 0 Å². The maximum atomic E-state index is 4.65. The highest BCUT2D eigenvalue weighted by Crippen LogP contribution is 2.34. The predicted octanol–water partition coefficient (Wildman–Crippen LogP) is 7.63. The number of hydrogen-bond donors (Lipinski definition) is 0. The molecule has 0 spiro atoms. The zero-order valence-corrected chi connectivity index (χ0v) is 17.4. The number of aromatic nitrogens is 1. The van der Waals surface area contributed by atoms with Crippen LogP contribution >= 0.6 is 0 Å². The molecule has 0 saturated heterocycles. The van der Waals surface area contributed by atoms with Crippen LogP contribution in [0.3, 0.4) is 0 Å². The van der Waals surface area contributed by atoms with Gasteiger partial charge in [-0.25, -0.2) is 0 Å². The van der Waals surface area contributed by atoms with Gasteiger partial charge >= 0.3 is 0 Å². The van der Waals surface area contributed by atoms with Crippen LogP contribution in [0.2, 0.25) is 0 Å². The number of aryl methyl sites for hydroxylation is 2. The Kier molecular flexibility index (Phi) is 7.93. The first-order chi connectivity index (χ1) is 13.3. The molecule has 2 unspecified atom stereocenters. The number of nitrogens with zero attached hydrogens (tertiary/aromatic N) is 1. The Labute approximate surface area is 166 Å². The molecule has 1 nitrogen and oxygen atoms in total. The third-order valence-corrected chi connectivity index (χ3v) is 6.31. The molecule has 27 heavy (non-hydrogen) atoms. The molecule has 1 aromatic heterocycles. The average Bonchev–Trinajstić information content (AvgIpc) is 2.72. The maximum Gasteiger partial charge on any atom is 0.0702 e. The molecule has 146 valence electrons. The van der Waals surface area contributed by atoms with E-state index in [4.69, 9.17) is 0 Å². The third-order valence-electron chi connectivity index (χ3n) is 6.31. The van der Waals surface area contributed by atoms with Gasteiger partial charge in [0.2, 0.25) is 0 Å².